The standard InChI is InChI=1S/C26H24N2O3/c1-4-12-27-25(30)21-20-14-16(3)18-13-15(2)10-11-19(18)28(20)23(22(21)26(27)31)24(29)17-8-6-5-7-9-17/h4-11,13-14,20-23H,1,12H2,2-3H3/t20?,21-,22-,23?/m0/s1. The summed E-state index contributed by atoms with van der Waals surface area (Å²) in [6, 6.07) is 14.1. The van der Waals surface area contributed by atoms with E-state index in [1.807, 2.05) is 49.1 Å². The quantitative estimate of drug-likeness (QED) is 0.437. The van der Waals surface area contributed by atoms with Crippen molar-refractivity contribution >= 4 is 28.9 Å². The second-order valence-corrected chi connectivity index (χ2v) is 8.57. The number of allylic oxidation sites excluding steroid dienone is 1. The van der Waals surface area contributed by atoms with Gasteiger partial charge in [0.1, 0.15) is 6.04 Å². The van der Waals surface area contributed by atoms with E-state index in [2.05, 4.69) is 18.7 Å². The van der Waals surface area contributed by atoms with Gasteiger partial charge < -0.3 is 4.90 Å². The highest BCUT2D eigenvalue weighted by molar-refractivity contribution is 6.14. The minimum atomic E-state index is -0.727. The zero-order valence-corrected chi connectivity index (χ0v) is 17.6. The number of fused-ring (bicyclic) bond motifs is 5. The summed E-state index contributed by atoms with van der Waals surface area (Å²) >= 11 is 0. The fraction of sp³-hybridized carbons (Fsp3) is 0.269. The van der Waals surface area contributed by atoms with E-state index < -0.39 is 17.9 Å². The van der Waals surface area contributed by atoms with Crippen LogP contribution in [0.15, 0.2) is 67.3 Å². The van der Waals surface area contributed by atoms with Gasteiger partial charge in [-0.15, -0.1) is 6.58 Å². The first-order chi connectivity index (χ1) is 14.9. The first-order valence-electron chi connectivity index (χ1n) is 10.6. The molecule has 0 spiro atoms. The van der Waals surface area contributed by atoms with E-state index in [1.54, 1.807) is 18.2 Å². The Balaban J connectivity index is 1.70. The van der Waals surface area contributed by atoms with Crippen LogP contribution in [0.1, 0.15) is 28.4 Å². The van der Waals surface area contributed by atoms with Crippen molar-refractivity contribution < 1.29 is 14.4 Å². The molecule has 3 aliphatic rings. The molecule has 2 unspecified atom stereocenters. The Hall–Kier alpha value is -3.47. The highest BCUT2D eigenvalue weighted by Crippen LogP contribution is 2.50. The number of hydrogen-bond acceptors (Lipinski definition) is 4. The zero-order valence-electron chi connectivity index (χ0n) is 17.6. The number of aryl methyl sites for hydroxylation is 1. The Morgan fingerprint density at radius 3 is 2.45 bits per heavy atom. The van der Waals surface area contributed by atoms with Gasteiger partial charge in [0.2, 0.25) is 11.8 Å². The van der Waals surface area contributed by atoms with E-state index in [0.717, 1.165) is 22.4 Å². The monoisotopic (exact) mass is 412 g/mol. The molecule has 0 aromatic heterocycles. The van der Waals surface area contributed by atoms with Crippen molar-refractivity contribution in [1.82, 2.24) is 4.90 Å². The number of Topliss-reactive ketones (excluding diaryl/α,β-unsaturated/α-hetero) is 1. The van der Waals surface area contributed by atoms with E-state index >= 15 is 0 Å². The number of imide groups is 1. The minimum Gasteiger partial charge on any atom is -0.352 e. The molecule has 0 aliphatic carbocycles. The number of benzene rings is 2. The summed E-state index contributed by atoms with van der Waals surface area (Å²) in [5.74, 6) is -1.90. The van der Waals surface area contributed by atoms with Crippen LogP contribution in [0.5, 0.6) is 0 Å². The molecule has 156 valence electrons. The van der Waals surface area contributed by atoms with E-state index in [1.165, 1.54) is 4.90 Å². The highest BCUT2D eigenvalue weighted by atomic mass is 16.2. The fourth-order valence-electron chi connectivity index (χ4n) is 5.40. The number of carbonyl (C=O) groups excluding carboxylic acids is 3. The smallest absolute Gasteiger partial charge is 0.236 e. The third-order valence-electron chi connectivity index (χ3n) is 6.73. The molecule has 0 radical (unpaired) electrons. The molecule has 5 heteroatoms. The Kier molecular flexibility index (Phi) is 4.43. The molecule has 0 N–H and O–H groups in total. The molecule has 2 aromatic carbocycles. The summed E-state index contributed by atoms with van der Waals surface area (Å²) in [4.78, 5) is 43.7. The summed E-state index contributed by atoms with van der Waals surface area (Å²) in [6.07, 6.45) is 3.61. The predicted octanol–water partition coefficient (Wildman–Crippen LogP) is 3.64. The van der Waals surface area contributed by atoms with Crippen molar-refractivity contribution in [3.05, 3.63) is 84.0 Å². The third kappa shape index (κ3) is 2.73. The van der Waals surface area contributed by atoms with Gasteiger partial charge in [0, 0.05) is 23.4 Å². The number of carbonyl (C=O) groups is 3. The molecular weight excluding hydrogens is 388 g/mol. The van der Waals surface area contributed by atoms with Crippen molar-refractivity contribution in [3.8, 4) is 0 Å². The summed E-state index contributed by atoms with van der Waals surface area (Å²) < 4.78 is 0. The molecule has 3 aliphatic heterocycles. The van der Waals surface area contributed by atoms with Crippen LogP contribution in [-0.4, -0.2) is 41.1 Å². The lowest BCUT2D eigenvalue weighted by Crippen LogP contribution is -2.49. The summed E-state index contributed by atoms with van der Waals surface area (Å²) in [7, 11) is 0. The Morgan fingerprint density at radius 1 is 1.03 bits per heavy atom. The predicted molar refractivity (Wildman–Crippen MR) is 120 cm³/mol. The van der Waals surface area contributed by atoms with Gasteiger partial charge >= 0.3 is 0 Å². The molecule has 5 rings (SSSR count). The number of rotatable bonds is 4. The van der Waals surface area contributed by atoms with Gasteiger partial charge in [-0.3, -0.25) is 19.3 Å². The minimum absolute atomic E-state index is 0.126. The zero-order chi connectivity index (χ0) is 21.9. The maximum absolute atomic E-state index is 13.8. The van der Waals surface area contributed by atoms with E-state index in [9.17, 15) is 14.4 Å². The van der Waals surface area contributed by atoms with E-state index in [-0.39, 0.29) is 30.2 Å². The normalized spacial score (nSPS) is 26.3. The molecule has 0 bridgehead atoms. The largest absolute Gasteiger partial charge is 0.352 e. The van der Waals surface area contributed by atoms with Gasteiger partial charge in [-0.1, -0.05) is 54.1 Å². The number of ketones is 1. The van der Waals surface area contributed by atoms with Crippen LogP contribution in [0, 0.1) is 18.8 Å². The molecule has 0 saturated carbocycles. The SMILES string of the molecule is C=CCN1C(=O)[C@@H]2C(C(=O)c3ccccc3)N3c4ccc(C)cc4C(C)=CC3[C@@H]2C1=O. The molecule has 4 atom stereocenters. The molecule has 3 heterocycles. The van der Waals surface area contributed by atoms with Crippen LogP contribution >= 0.6 is 0 Å². The molecule has 2 saturated heterocycles. The molecule has 2 amide bonds. The topological polar surface area (TPSA) is 57.7 Å². The first kappa shape index (κ1) is 19.5. The number of nitrogens with zero attached hydrogens (tertiary/aromatic N) is 2. The Labute approximate surface area is 181 Å². The van der Waals surface area contributed by atoms with Crippen LogP contribution in [-0.2, 0) is 9.59 Å². The molecule has 2 aromatic rings. The number of anilines is 1. The van der Waals surface area contributed by atoms with Crippen molar-refractivity contribution in [2.75, 3.05) is 11.4 Å². The molecule has 31 heavy (non-hydrogen) atoms. The fourth-order valence-corrected chi connectivity index (χ4v) is 5.40. The average molecular weight is 412 g/mol. The maximum atomic E-state index is 13.8. The van der Waals surface area contributed by atoms with Crippen LogP contribution in [0.2, 0.25) is 0 Å². The summed E-state index contributed by atoms with van der Waals surface area (Å²) in [6.45, 7) is 7.91. The van der Waals surface area contributed by atoms with Crippen LogP contribution in [0.4, 0.5) is 5.69 Å². The second kappa shape index (κ2) is 7.05. The van der Waals surface area contributed by atoms with Gasteiger partial charge in [-0.25, -0.2) is 0 Å². The number of likely N-dealkylation sites (tertiary alicyclic amines) is 1. The lowest BCUT2D eigenvalue weighted by atomic mass is 9.85. The second-order valence-electron chi connectivity index (χ2n) is 8.57. The molecular formula is C26H24N2O3. The lowest BCUT2D eigenvalue weighted by molar-refractivity contribution is -0.139. The summed E-state index contributed by atoms with van der Waals surface area (Å²) in [5, 5.41) is 0. The van der Waals surface area contributed by atoms with Gasteiger partial charge in [-0.05, 0) is 31.6 Å². The maximum Gasteiger partial charge on any atom is 0.236 e. The van der Waals surface area contributed by atoms with Crippen molar-refractivity contribution in [2.24, 2.45) is 11.8 Å². The lowest BCUT2D eigenvalue weighted by Gasteiger charge is -2.38. The van der Waals surface area contributed by atoms with Gasteiger partial charge in [-0.2, -0.15) is 0 Å². The van der Waals surface area contributed by atoms with Crippen molar-refractivity contribution in [2.45, 2.75) is 25.9 Å². The average Bonchev–Trinajstić information content (AvgIpc) is 3.23. The van der Waals surface area contributed by atoms with E-state index in [0.29, 0.717) is 5.56 Å². The van der Waals surface area contributed by atoms with Gasteiger partial charge in [0.15, 0.2) is 5.78 Å². The van der Waals surface area contributed by atoms with Crippen molar-refractivity contribution in [1.29, 1.82) is 0 Å². The summed E-state index contributed by atoms with van der Waals surface area (Å²) in [5.41, 5.74) is 4.70. The molecule has 2 fully saturated rings. The van der Waals surface area contributed by atoms with E-state index in [4.69, 9.17) is 0 Å². The number of hydrogen-bond donors (Lipinski definition) is 0. The Morgan fingerprint density at radius 2 is 1.74 bits per heavy atom. The van der Waals surface area contributed by atoms with Crippen LogP contribution < -0.4 is 4.90 Å². The first-order valence-corrected chi connectivity index (χ1v) is 10.6. The van der Waals surface area contributed by atoms with Crippen LogP contribution in [0.3, 0.4) is 0 Å². The van der Waals surface area contributed by atoms with Gasteiger partial charge in [0.25, 0.3) is 0 Å². The molecule has 5 nitrogen and oxygen atoms in total. The Bertz CT molecular complexity index is 1150. The van der Waals surface area contributed by atoms with Crippen molar-refractivity contribution in [3.63, 3.8) is 0 Å². The van der Waals surface area contributed by atoms with Gasteiger partial charge in [0.05, 0.1) is 17.9 Å². The van der Waals surface area contributed by atoms with Crippen LogP contribution in [0.25, 0.3) is 5.57 Å². The number of amides is 2. The highest BCUT2D eigenvalue weighted by Gasteiger charge is 2.64. The third-order valence-corrected chi connectivity index (χ3v) is 6.73.